The quantitative estimate of drug-likeness (QED) is 0.840. The molecular formula is C12H18ClN3O. The second-order valence-electron chi connectivity index (χ2n) is 4.37. The third kappa shape index (κ3) is 3.07. The third-order valence-electron chi connectivity index (χ3n) is 3.03. The largest absolute Gasteiger partial charge is 0.381 e. The molecule has 2 heterocycles. The van der Waals surface area contributed by atoms with Crippen LogP contribution in [0.5, 0.6) is 0 Å². The molecular weight excluding hydrogens is 238 g/mol. The van der Waals surface area contributed by atoms with Crippen molar-refractivity contribution < 1.29 is 4.74 Å². The lowest BCUT2D eigenvalue weighted by molar-refractivity contribution is 0.187. The lowest BCUT2D eigenvalue weighted by Gasteiger charge is -2.13. The molecule has 94 valence electrons. The maximum Gasteiger partial charge on any atom is 0.137 e. The molecule has 0 saturated carbocycles. The van der Waals surface area contributed by atoms with Crippen LogP contribution < -0.4 is 5.32 Å². The number of aryl methyl sites for hydroxylation is 1. The SMILES string of the molecule is CCc1nc(Cl)c(C)c(NCC2CCOC2)n1. The minimum absolute atomic E-state index is 0.544. The molecule has 1 unspecified atom stereocenters. The van der Waals surface area contributed by atoms with Crippen molar-refractivity contribution in [3.8, 4) is 0 Å². The van der Waals surface area contributed by atoms with Crippen LogP contribution in [-0.4, -0.2) is 29.7 Å². The zero-order chi connectivity index (χ0) is 12.3. The maximum atomic E-state index is 6.08. The van der Waals surface area contributed by atoms with E-state index < -0.39 is 0 Å². The molecule has 1 aliphatic heterocycles. The second kappa shape index (κ2) is 5.65. The first kappa shape index (κ1) is 12.6. The molecule has 0 bridgehead atoms. The fraction of sp³-hybridized carbons (Fsp3) is 0.667. The average molecular weight is 256 g/mol. The standard InChI is InChI=1S/C12H18ClN3O/c1-3-10-15-11(13)8(2)12(16-10)14-6-9-4-5-17-7-9/h9H,3-7H2,1-2H3,(H,14,15,16). The first-order valence-electron chi connectivity index (χ1n) is 6.05. The second-order valence-corrected chi connectivity index (χ2v) is 4.73. The van der Waals surface area contributed by atoms with Crippen molar-refractivity contribution in [3.05, 3.63) is 16.5 Å². The summed E-state index contributed by atoms with van der Waals surface area (Å²) in [7, 11) is 0. The fourth-order valence-corrected chi connectivity index (χ4v) is 2.04. The summed E-state index contributed by atoms with van der Waals surface area (Å²) < 4.78 is 5.35. The smallest absolute Gasteiger partial charge is 0.137 e. The lowest BCUT2D eigenvalue weighted by Crippen LogP contribution is -2.16. The van der Waals surface area contributed by atoms with E-state index in [1.165, 1.54) is 0 Å². The van der Waals surface area contributed by atoms with Crippen molar-refractivity contribution in [1.29, 1.82) is 0 Å². The summed E-state index contributed by atoms with van der Waals surface area (Å²) in [6, 6.07) is 0. The van der Waals surface area contributed by atoms with Crippen molar-refractivity contribution in [2.24, 2.45) is 5.92 Å². The first-order valence-corrected chi connectivity index (χ1v) is 6.43. The summed E-state index contributed by atoms with van der Waals surface area (Å²) in [6.07, 6.45) is 1.91. The molecule has 4 nitrogen and oxygen atoms in total. The van der Waals surface area contributed by atoms with Crippen molar-refractivity contribution in [1.82, 2.24) is 9.97 Å². The normalized spacial score (nSPS) is 19.6. The molecule has 0 aromatic carbocycles. The van der Waals surface area contributed by atoms with E-state index in [1.807, 2.05) is 13.8 Å². The van der Waals surface area contributed by atoms with Crippen LogP contribution in [0.2, 0.25) is 5.15 Å². The van der Waals surface area contributed by atoms with Crippen molar-refractivity contribution in [3.63, 3.8) is 0 Å². The van der Waals surface area contributed by atoms with E-state index in [0.717, 1.165) is 49.8 Å². The molecule has 1 aliphatic rings. The number of aromatic nitrogens is 2. The summed E-state index contributed by atoms with van der Waals surface area (Å²) in [5.41, 5.74) is 0.919. The zero-order valence-electron chi connectivity index (χ0n) is 10.3. The van der Waals surface area contributed by atoms with E-state index in [0.29, 0.717) is 11.1 Å². The van der Waals surface area contributed by atoms with Gasteiger partial charge in [0.05, 0.1) is 6.61 Å². The van der Waals surface area contributed by atoms with Gasteiger partial charge in [-0.2, -0.15) is 0 Å². The number of halogens is 1. The fourth-order valence-electron chi connectivity index (χ4n) is 1.85. The van der Waals surface area contributed by atoms with Gasteiger partial charge in [-0.1, -0.05) is 18.5 Å². The van der Waals surface area contributed by atoms with Crippen LogP contribution in [0.3, 0.4) is 0 Å². The monoisotopic (exact) mass is 255 g/mol. The van der Waals surface area contributed by atoms with E-state index in [2.05, 4.69) is 15.3 Å². The van der Waals surface area contributed by atoms with Gasteiger partial charge in [-0.3, -0.25) is 0 Å². The van der Waals surface area contributed by atoms with E-state index >= 15 is 0 Å². The van der Waals surface area contributed by atoms with Crippen LogP contribution in [0.15, 0.2) is 0 Å². The Hall–Kier alpha value is -0.870. The highest BCUT2D eigenvalue weighted by Gasteiger charge is 2.16. The van der Waals surface area contributed by atoms with Gasteiger partial charge in [-0.15, -0.1) is 0 Å². The summed E-state index contributed by atoms with van der Waals surface area (Å²) in [6.45, 7) is 6.56. The number of nitrogens with one attached hydrogen (secondary N) is 1. The Bertz CT molecular complexity index is 392. The predicted molar refractivity (Wildman–Crippen MR) is 68.6 cm³/mol. The number of anilines is 1. The highest BCUT2D eigenvalue weighted by Crippen LogP contribution is 2.21. The minimum Gasteiger partial charge on any atom is -0.381 e. The Morgan fingerprint density at radius 2 is 2.29 bits per heavy atom. The van der Waals surface area contributed by atoms with Crippen LogP contribution in [-0.2, 0) is 11.2 Å². The van der Waals surface area contributed by atoms with Crippen LogP contribution in [0.4, 0.5) is 5.82 Å². The number of ether oxygens (including phenoxy) is 1. The Balaban J connectivity index is 2.05. The van der Waals surface area contributed by atoms with E-state index in [1.54, 1.807) is 0 Å². The molecule has 1 aromatic heterocycles. The van der Waals surface area contributed by atoms with Gasteiger partial charge >= 0.3 is 0 Å². The summed E-state index contributed by atoms with van der Waals surface area (Å²) in [5.74, 6) is 2.22. The number of nitrogens with zero attached hydrogens (tertiary/aromatic N) is 2. The molecule has 1 saturated heterocycles. The minimum atomic E-state index is 0.544. The average Bonchev–Trinajstić information content (AvgIpc) is 2.84. The summed E-state index contributed by atoms with van der Waals surface area (Å²) >= 11 is 6.08. The number of hydrogen-bond acceptors (Lipinski definition) is 4. The molecule has 0 amide bonds. The molecule has 2 rings (SSSR count). The Kier molecular flexibility index (Phi) is 4.18. The van der Waals surface area contributed by atoms with Crippen molar-refractivity contribution in [2.45, 2.75) is 26.7 Å². The van der Waals surface area contributed by atoms with Gasteiger partial charge in [-0.25, -0.2) is 9.97 Å². The van der Waals surface area contributed by atoms with Crippen molar-refractivity contribution in [2.75, 3.05) is 25.1 Å². The highest BCUT2D eigenvalue weighted by molar-refractivity contribution is 6.30. The van der Waals surface area contributed by atoms with Crippen LogP contribution in [0, 0.1) is 12.8 Å². The molecule has 1 fully saturated rings. The van der Waals surface area contributed by atoms with E-state index in [9.17, 15) is 0 Å². The zero-order valence-corrected chi connectivity index (χ0v) is 11.0. The van der Waals surface area contributed by atoms with E-state index in [-0.39, 0.29) is 0 Å². The topological polar surface area (TPSA) is 47.0 Å². The predicted octanol–water partition coefficient (Wildman–Crippen LogP) is 2.45. The molecule has 0 aliphatic carbocycles. The molecule has 1 aromatic rings. The van der Waals surface area contributed by atoms with Crippen LogP contribution >= 0.6 is 11.6 Å². The maximum absolute atomic E-state index is 6.08. The molecule has 1 atom stereocenters. The number of rotatable bonds is 4. The molecule has 1 N–H and O–H groups in total. The summed E-state index contributed by atoms with van der Waals surface area (Å²) in [5, 5.41) is 3.90. The van der Waals surface area contributed by atoms with Gasteiger partial charge in [0.15, 0.2) is 0 Å². The van der Waals surface area contributed by atoms with Gasteiger partial charge in [-0.05, 0) is 13.3 Å². The van der Waals surface area contributed by atoms with Gasteiger partial charge in [0.1, 0.15) is 16.8 Å². The van der Waals surface area contributed by atoms with Gasteiger partial charge in [0, 0.05) is 31.1 Å². The van der Waals surface area contributed by atoms with Crippen LogP contribution in [0.25, 0.3) is 0 Å². The lowest BCUT2D eigenvalue weighted by atomic mass is 10.1. The molecule has 17 heavy (non-hydrogen) atoms. The van der Waals surface area contributed by atoms with Crippen molar-refractivity contribution >= 4 is 17.4 Å². The third-order valence-corrected chi connectivity index (χ3v) is 3.40. The van der Waals surface area contributed by atoms with Gasteiger partial charge in [0.25, 0.3) is 0 Å². The molecule has 0 radical (unpaired) electrons. The molecule has 5 heteroatoms. The Morgan fingerprint density at radius 3 is 2.94 bits per heavy atom. The Morgan fingerprint density at radius 1 is 1.47 bits per heavy atom. The van der Waals surface area contributed by atoms with E-state index in [4.69, 9.17) is 16.3 Å². The Labute approximate surface area is 107 Å². The van der Waals surface area contributed by atoms with Gasteiger partial charge < -0.3 is 10.1 Å². The summed E-state index contributed by atoms with van der Waals surface area (Å²) in [4.78, 5) is 8.69. The van der Waals surface area contributed by atoms with Gasteiger partial charge in [0.2, 0.25) is 0 Å². The first-order chi connectivity index (χ1) is 8.20. The number of hydrogen-bond donors (Lipinski definition) is 1. The van der Waals surface area contributed by atoms with Crippen LogP contribution in [0.1, 0.15) is 24.7 Å². The highest BCUT2D eigenvalue weighted by atomic mass is 35.5. The molecule has 0 spiro atoms.